The van der Waals surface area contributed by atoms with Crippen molar-refractivity contribution in [3.63, 3.8) is 0 Å². The lowest BCUT2D eigenvalue weighted by Crippen LogP contribution is -2.24. The fourth-order valence-electron chi connectivity index (χ4n) is 2.69. The fourth-order valence-corrected chi connectivity index (χ4v) is 3.52. The summed E-state index contributed by atoms with van der Waals surface area (Å²) < 4.78 is 26.1. The van der Waals surface area contributed by atoms with Gasteiger partial charge in [-0.1, -0.05) is 30.3 Å². The van der Waals surface area contributed by atoms with Gasteiger partial charge in [-0.3, -0.25) is 4.79 Å². The largest absolute Gasteiger partial charge is 0.368 e. The first-order chi connectivity index (χ1) is 12.7. The summed E-state index contributed by atoms with van der Waals surface area (Å²) in [6, 6.07) is 11.6. The molecule has 0 aliphatic rings. The second-order valence-corrected chi connectivity index (χ2v) is 8.27. The SMILES string of the molecule is CC(C)n1nc(-c2c(-c3ccccc3)nc(N)nc2S(C)(=O)=O)ccc1=O. The number of nitrogens with two attached hydrogens (primary N) is 1. The van der Waals surface area contributed by atoms with Crippen LogP contribution in [0.4, 0.5) is 5.95 Å². The van der Waals surface area contributed by atoms with E-state index in [1.807, 2.05) is 19.9 Å². The minimum absolute atomic E-state index is 0.157. The highest BCUT2D eigenvalue weighted by Crippen LogP contribution is 2.34. The Balaban J connectivity index is 2.44. The van der Waals surface area contributed by atoms with Crippen LogP contribution in [0.25, 0.3) is 22.5 Å². The highest BCUT2D eigenvalue weighted by molar-refractivity contribution is 7.90. The first-order valence-corrected chi connectivity index (χ1v) is 10.1. The molecule has 1 aromatic carbocycles. The Morgan fingerprint density at radius 2 is 1.70 bits per heavy atom. The molecule has 0 aliphatic carbocycles. The van der Waals surface area contributed by atoms with E-state index >= 15 is 0 Å². The molecule has 0 amide bonds. The summed E-state index contributed by atoms with van der Waals surface area (Å²) in [5.41, 5.74) is 6.99. The zero-order valence-corrected chi connectivity index (χ0v) is 15.9. The maximum Gasteiger partial charge on any atom is 0.267 e. The molecule has 0 bridgehead atoms. The average molecular weight is 385 g/mol. The Morgan fingerprint density at radius 1 is 1.04 bits per heavy atom. The molecule has 0 saturated carbocycles. The number of nitrogen functional groups attached to an aromatic ring is 1. The van der Waals surface area contributed by atoms with Crippen molar-refractivity contribution < 1.29 is 8.42 Å². The van der Waals surface area contributed by atoms with Crippen LogP contribution in [0.1, 0.15) is 19.9 Å². The van der Waals surface area contributed by atoms with Crippen molar-refractivity contribution in [2.45, 2.75) is 24.9 Å². The van der Waals surface area contributed by atoms with Crippen molar-refractivity contribution >= 4 is 15.8 Å². The number of aromatic nitrogens is 4. The highest BCUT2D eigenvalue weighted by Gasteiger charge is 2.25. The molecular weight excluding hydrogens is 366 g/mol. The van der Waals surface area contributed by atoms with Gasteiger partial charge in [-0.2, -0.15) is 5.10 Å². The molecule has 3 aromatic rings. The molecule has 0 saturated heterocycles. The molecule has 0 aliphatic heterocycles. The number of benzene rings is 1. The van der Waals surface area contributed by atoms with Crippen LogP contribution in [0, 0.1) is 0 Å². The minimum atomic E-state index is -3.74. The normalized spacial score (nSPS) is 11.7. The molecule has 0 spiro atoms. The van der Waals surface area contributed by atoms with Crippen LogP contribution in [0.3, 0.4) is 0 Å². The van der Waals surface area contributed by atoms with Gasteiger partial charge in [0.05, 0.1) is 23.0 Å². The van der Waals surface area contributed by atoms with Gasteiger partial charge in [0, 0.05) is 17.9 Å². The van der Waals surface area contributed by atoms with Crippen LogP contribution in [0.15, 0.2) is 52.3 Å². The Bertz CT molecular complexity index is 1160. The van der Waals surface area contributed by atoms with Gasteiger partial charge in [0.25, 0.3) is 5.56 Å². The van der Waals surface area contributed by atoms with Gasteiger partial charge in [-0.05, 0) is 19.9 Å². The van der Waals surface area contributed by atoms with Crippen LogP contribution < -0.4 is 11.3 Å². The van der Waals surface area contributed by atoms with Crippen molar-refractivity contribution in [3.8, 4) is 22.5 Å². The molecule has 9 heteroatoms. The van der Waals surface area contributed by atoms with Gasteiger partial charge in [0.15, 0.2) is 14.9 Å². The quantitative estimate of drug-likeness (QED) is 0.681. The van der Waals surface area contributed by atoms with E-state index in [1.165, 1.54) is 16.8 Å². The number of rotatable bonds is 4. The Hall–Kier alpha value is -3.07. The summed E-state index contributed by atoms with van der Waals surface area (Å²) in [5, 5.41) is 4.12. The standard InChI is InChI=1S/C18H19N5O3S/c1-11(2)23-14(24)10-9-13(22-23)15-16(12-7-5-4-6-8-12)20-18(19)21-17(15)27(3,25)26/h4-11H,1-3H3,(H2,19,20,21). The number of hydrogen-bond acceptors (Lipinski definition) is 7. The summed E-state index contributed by atoms with van der Waals surface area (Å²) in [5.74, 6) is -0.157. The van der Waals surface area contributed by atoms with E-state index in [0.717, 1.165) is 6.26 Å². The summed E-state index contributed by atoms with van der Waals surface area (Å²) >= 11 is 0. The van der Waals surface area contributed by atoms with Crippen LogP contribution in [0.5, 0.6) is 0 Å². The zero-order valence-electron chi connectivity index (χ0n) is 15.1. The first kappa shape index (κ1) is 18.7. The summed E-state index contributed by atoms with van der Waals surface area (Å²) in [7, 11) is -3.74. The Labute approximate surface area is 156 Å². The molecule has 2 heterocycles. The second-order valence-electron chi connectivity index (χ2n) is 6.34. The topological polar surface area (TPSA) is 121 Å². The van der Waals surface area contributed by atoms with Crippen molar-refractivity contribution in [1.82, 2.24) is 19.7 Å². The molecule has 0 unspecified atom stereocenters. The van der Waals surface area contributed by atoms with E-state index in [9.17, 15) is 13.2 Å². The van der Waals surface area contributed by atoms with Crippen molar-refractivity contribution in [2.24, 2.45) is 0 Å². The first-order valence-electron chi connectivity index (χ1n) is 8.21. The number of nitrogens with zero attached hydrogens (tertiary/aromatic N) is 4. The number of sulfone groups is 1. The Morgan fingerprint density at radius 3 is 2.30 bits per heavy atom. The lowest BCUT2D eigenvalue weighted by atomic mass is 10.0. The van der Waals surface area contributed by atoms with Crippen LogP contribution >= 0.6 is 0 Å². The minimum Gasteiger partial charge on any atom is -0.368 e. The van der Waals surface area contributed by atoms with Gasteiger partial charge < -0.3 is 5.73 Å². The molecule has 140 valence electrons. The van der Waals surface area contributed by atoms with Gasteiger partial charge in [-0.15, -0.1) is 0 Å². The van der Waals surface area contributed by atoms with Gasteiger partial charge in [0.2, 0.25) is 5.95 Å². The third-order valence-electron chi connectivity index (χ3n) is 3.86. The molecule has 0 radical (unpaired) electrons. The molecule has 0 fully saturated rings. The second kappa shape index (κ2) is 6.92. The lowest BCUT2D eigenvalue weighted by molar-refractivity contribution is 0.504. The van der Waals surface area contributed by atoms with Crippen LogP contribution in [-0.4, -0.2) is 34.4 Å². The molecule has 2 aromatic heterocycles. The van der Waals surface area contributed by atoms with Crippen LogP contribution in [-0.2, 0) is 9.84 Å². The Kier molecular flexibility index (Phi) is 4.79. The van der Waals surface area contributed by atoms with Crippen LogP contribution in [0.2, 0.25) is 0 Å². The average Bonchev–Trinajstić information content (AvgIpc) is 2.61. The maximum atomic E-state index is 12.4. The molecule has 2 N–H and O–H groups in total. The summed E-state index contributed by atoms with van der Waals surface area (Å²) in [6.45, 7) is 3.63. The predicted molar refractivity (Wildman–Crippen MR) is 103 cm³/mol. The maximum absolute atomic E-state index is 12.4. The zero-order chi connectivity index (χ0) is 19.8. The van der Waals surface area contributed by atoms with E-state index in [1.54, 1.807) is 24.3 Å². The van der Waals surface area contributed by atoms with E-state index < -0.39 is 9.84 Å². The van der Waals surface area contributed by atoms with Gasteiger partial charge >= 0.3 is 0 Å². The number of anilines is 1. The number of hydrogen-bond donors (Lipinski definition) is 1. The predicted octanol–water partition coefficient (Wildman–Crippen LogP) is 1.93. The van der Waals surface area contributed by atoms with E-state index in [4.69, 9.17) is 5.73 Å². The molecule has 3 rings (SSSR count). The van der Waals surface area contributed by atoms with E-state index in [-0.39, 0.29) is 33.8 Å². The van der Waals surface area contributed by atoms with Crippen molar-refractivity contribution in [2.75, 3.05) is 12.0 Å². The molecule has 8 nitrogen and oxygen atoms in total. The fraction of sp³-hybridized carbons (Fsp3) is 0.222. The summed E-state index contributed by atoms with van der Waals surface area (Å²) in [4.78, 5) is 20.3. The van der Waals surface area contributed by atoms with Crippen molar-refractivity contribution in [3.05, 3.63) is 52.8 Å². The smallest absolute Gasteiger partial charge is 0.267 e. The third-order valence-corrected chi connectivity index (χ3v) is 4.86. The monoisotopic (exact) mass is 385 g/mol. The lowest BCUT2D eigenvalue weighted by Gasteiger charge is -2.15. The molecular formula is C18H19N5O3S. The molecule has 0 atom stereocenters. The van der Waals surface area contributed by atoms with Gasteiger partial charge in [0.1, 0.15) is 0 Å². The van der Waals surface area contributed by atoms with E-state index in [2.05, 4.69) is 15.1 Å². The van der Waals surface area contributed by atoms with E-state index in [0.29, 0.717) is 11.3 Å². The van der Waals surface area contributed by atoms with Gasteiger partial charge in [-0.25, -0.2) is 23.1 Å². The highest BCUT2D eigenvalue weighted by atomic mass is 32.2. The van der Waals surface area contributed by atoms with Crippen molar-refractivity contribution in [1.29, 1.82) is 0 Å². The molecule has 27 heavy (non-hydrogen) atoms. The summed E-state index contributed by atoms with van der Waals surface area (Å²) in [6.07, 6.45) is 1.05. The third kappa shape index (κ3) is 3.72.